The van der Waals surface area contributed by atoms with Gasteiger partial charge in [0.1, 0.15) is 0 Å². The second-order valence-electron chi connectivity index (χ2n) is 5.37. The first kappa shape index (κ1) is 22.4. The summed E-state index contributed by atoms with van der Waals surface area (Å²) < 4.78 is 33.9. The summed E-state index contributed by atoms with van der Waals surface area (Å²) in [6.45, 7) is 7.89. The van der Waals surface area contributed by atoms with Gasteiger partial charge in [-0.3, -0.25) is 4.57 Å². The molecule has 1 aromatic rings. The fourth-order valence-electron chi connectivity index (χ4n) is 2.09. The molecule has 0 aliphatic rings. The largest absolute Gasteiger partial charge is 0.462 e. The van der Waals surface area contributed by atoms with Crippen molar-refractivity contribution in [2.45, 2.75) is 40.5 Å². The highest BCUT2D eigenvalue weighted by atomic mass is 31.2. The lowest BCUT2D eigenvalue weighted by molar-refractivity contribution is 0.0503. The first-order valence-electron chi connectivity index (χ1n) is 8.80. The molecular weight excluding hydrogens is 359 g/mol. The van der Waals surface area contributed by atoms with Crippen LogP contribution in [0.1, 0.15) is 61.3 Å². The van der Waals surface area contributed by atoms with Crippen LogP contribution in [-0.4, -0.2) is 38.4 Å². The molecule has 0 saturated heterocycles. The number of carbonyl (C=O) groups is 2. The van der Waals surface area contributed by atoms with E-state index in [-0.39, 0.29) is 42.9 Å². The third-order valence-corrected chi connectivity index (χ3v) is 5.26. The Morgan fingerprint density at radius 2 is 1.23 bits per heavy atom. The van der Waals surface area contributed by atoms with Gasteiger partial charge in [-0.2, -0.15) is 0 Å². The lowest BCUT2D eigenvalue weighted by Crippen LogP contribution is -2.18. The zero-order valence-electron chi connectivity index (χ0n) is 15.8. The molecule has 0 heterocycles. The Morgan fingerprint density at radius 1 is 0.808 bits per heavy atom. The molecule has 1 aromatic carbocycles. The summed E-state index contributed by atoms with van der Waals surface area (Å²) in [5, 5.41) is 0.121. The lowest BCUT2D eigenvalue weighted by atomic mass is 10.1. The Hall–Kier alpha value is -1.69. The van der Waals surface area contributed by atoms with Gasteiger partial charge in [0.2, 0.25) is 0 Å². The maximum Gasteiger partial charge on any atom is 0.361 e. The molecule has 0 aliphatic carbocycles. The van der Waals surface area contributed by atoms with Gasteiger partial charge in [0, 0.05) is 0 Å². The average Bonchev–Trinajstić information content (AvgIpc) is 2.64. The van der Waals surface area contributed by atoms with Crippen molar-refractivity contribution in [3.05, 3.63) is 29.3 Å². The third kappa shape index (κ3) is 6.24. The minimum atomic E-state index is -3.67. The molecule has 0 atom stereocenters. The summed E-state index contributed by atoms with van der Waals surface area (Å²) in [6, 6.07) is 4.11. The zero-order valence-corrected chi connectivity index (χ0v) is 16.7. The third-order valence-electron chi connectivity index (χ3n) is 3.18. The van der Waals surface area contributed by atoms with Crippen molar-refractivity contribution in [3.63, 3.8) is 0 Å². The maximum absolute atomic E-state index is 13.0. The Balaban J connectivity index is 3.36. The summed E-state index contributed by atoms with van der Waals surface area (Å²) in [5.74, 6) is -1.23. The quantitative estimate of drug-likeness (QED) is 0.423. The lowest BCUT2D eigenvalue weighted by Gasteiger charge is -2.18. The van der Waals surface area contributed by atoms with Crippen molar-refractivity contribution in [1.82, 2.24) is 0 Å². The smallest absolute Gasteiger partial charge is 0.361 e. The van der Waals surface area contributed by atoms with Crippen LogP contribution in [0.3, 0.4) is 0 Å². The van der Waals surface area contributed by atoms with Crippen molar-refractivity contribution in [3.8, 4) is 0 Å². The SMILES string of the molecule is CCCOC(=O)c1cc(C(=O)OCCC)cc(P(=O)(OCC)OCC)c1. The second-order valence-corrected chi connectivity index (χ2v) is 7.40. The van der Waals surface area contributed by atoms with E-state index in [1.807, 2.05) is 13.8 Å². The fraction of sp³-hybridized carbons (Fsp3) is 0.556. The highest BCUT2D eigenvalue weighted by Gasteiger charge is 2.29. The van der Waals surface area contributed by atoms with Gasteiger partial charge in [0.25, 0.3) is 0 Å². The van der Waals surface area contributed by atoms with E-state index >= 15 is 0 Å². The van der Waals surface area contributed by atoms with Crippen LogP contribution >= 0.6 is 7.60 Å². The van der Waals surface area contributed by atoms with E-state index in [1.165, 1.54) is 18.2 Å². The number of ether oxygens (including phenoxy) is 2. The van der Waals surface area contributed by atoms with Crippen LogP contribution in [0.5, 0.6) is 0 Å². The predicted molar refractivity (Wildman–Crippen MR) is 98.1 cm³/mol. The first-order valence-corrected chi connectivity index (χ1v) is 10.3. The molecule has 0 amide bonds. The van der Waals surface area contributed by atoms with Crippen LogP contribution in [0, 0.1) is 0 Å². The van der Waals surface area contributed by atoms with Gasteiger partial charge in [0.15, 0.2) is 0 Å². The van der Waals surface area contributed by atoms with Crippen LogP contribution in [0.25, 0.3) is 0 Å². The average molecular weight is 386 g/mol. The number of hydrogen-bond donors (Lipinski definition) is 0. The molecule has 0 aromatic heterocycles. The molecule has 0 bridgehead atoms. The minimum Gasteiger partial charge on any atom is -0.462 e. The van der Waals surface area contributed by atoms with E-state index in [2.05, 4.69) is 0 Å². The Kier molecular flexibility index (Phi) is 9.55. The Labute approximate surface area is 154 Å². The van der Waals surface area contributed by atoms with Crippen molar-refractivity contribution in [1.29, 1.82) is 0 Å². The number of esters is 2. The number of benzene rings is 1. The summed E-state index contributed by atoms with van der Waals surface area (Å²) in [5.41, 5.74) is 0.193. The van der Waals surface area contributed by atoms with Crippen LogP contribution in [-0.2, 0) is 23.1 Å². The van der Waals surface area contributed by atoms with Gasteiger partial charge in [-0.05, 0) is 44.9 Å². The summed E-state index contributed by atoms with van der Waals surface area (Å²) in [7, 11) is -3.67. The highest BCUT2D eigenvalue weighted by Crippen LogP contribution is 2.47. The van der Waals surface area contributed by atoms with Crippen molar-refractivity contribution in [2.75, 3.05) is 26.4 Å². The van der Waals surface area contributed by atoms with Crippen LogP contribution < -0.4 is 5.30 Å². The summed E-state index contributed by atoms with van der Waals surface area (Å²) in [4.78, 5) is 24.5. The van der Waals surface area contributed by atoms with Crippen molar-refractivity contribution >= 4 is 24.8 Å². The molecule has 0 N–H and O–H groups in total. The zero-order chi connectivity index (χ0) is 19.6. The number of carbonyl (C=O) groups excluding carboxylic acids is 2. The normalized spacial score (nSPS) is 11.2. The molecular formula is C18H27O7P. The molecule has 26 heavy (non-hydrogen) atoms. The molecule has 0 aliphatic heterocycles. The van der Waals surface area contributed by atoms with Gasteiger partial charge in [-0.1, -0.05) is 13.8 Å². The second kappa shape index (κ2) is 11.1. The molecule has 0 spiro atoms. The summed E-state index contributed by atoms with van der Waals surface area (Å²) in [6.07, 6.45) is 1.32. The molecule has 0 radical (unpaired) electrons. The van der Waals surface area contributed by atoms with Crippen LogP contribution in [0.2, 0.25) is 0 Å². The van der Waals surface area contributed by atoms with E-state index in [4.69, 9.17) is 18.5 Å². The molecule has 146 valence electrons. The van der Waals surface area contributed by atoms with Crippen LogP contribution in [0.15, 0.2) is 18.2 Å². The summed E-state index contributed by atoms with van der Waals surface area (Å²) >= 11 is 0. The van der Waals surface area contributed by atoms with E-state index in [0.29, 0.717) is 12.8 Å². The van der Waals surface area contributed by atoms with Gasteiger partial charge in [-0.15, -0.1) is 0 Å². The molecule has 0 fully saturated rings. The molecule has 8 heteroatoms. The molecule has 7 nitrogen and oxygen atoms in total. The Morgan fingerprint density at radius 3 is 1.58 bits per heavy atom. The predicted octanol–water partition coefficient (Wildman–Crippen LogP) is 3.71. The topological polar surface area (TPSA) is 88.1 Å². The van der Waals surface area contributed by atoms with E-state index in [9.17, 15) is 14.2 Å². The van der Waals surface area contributed by atoms with Crippen molar-refractivity contribution < 1.29 is 32.7 Å². The molecule has 0 saturated carbocycles. The standard InChI is InChI=1S/C18H27O7P/c1-5-9-22-17(19)14-11-15(18(20)23-10-6-2)13-16(12-14)26(21,24-7-3)25-8-4/h11-13H,5-10H2,1-4H3. The van der Waals surface area contributed by atoms with E-state index < -0.39 is 19.5 Å². The monoisotopic (exact) mass is 386 g/mol. The highest BCUT2D eigenvalue weighted by molar-refractivity contribution is 7.62. The van der Waals surface area contributed by atoms with E-state index in [0.717, 1.165) is 0 Å². The van der Waals surface area contributed by atoms with Gasteiger partial charge < -0.3 is 18.5 Å². The number of rotatable bonds is 11. The van der Waals surface area contributed by atoms with Gasteiger partial charge >= 0.3 is 19.5 Å². The molecule has 0 unspecified atom stereocenters. The maximum atomic E-state index is 13.0. The first-order chi connectivity index (χ1) is 12.4. The van der Waals surface area contributed by atoms with Crippen molar-refractivity contribution in [2.24, 2.45) is 0 Å². The fourth-order valence-corrected chi connectivity index (χ4v) is 3.73. The van der Waals surface area contributed by atoms with Crippen LogP contribution in [0.4, 0.5) is 0 Å². The molecule has 1 rings (SSSR count). The minimum absolute atomic E-state index is 0.0963. The van der Waals surface area contributed by atoms with Gasteiger partial charge in [-0.25, -0.2) is 9.59 Å². The van der Waals surface area contributed by atoms with Gasteiger partial charge in [0.05, 0.1) is 42.9 Å². The Bertz CT molecular complexity index is 609. The van der Waals surface area contributed by atoms with E-state index in [1.54, 1.807) is 13.8 Å². The number of hydrogen-bond acceptors (Lipinski definition) is 7.